The number of amides is 3. The van der Waals surface area contributed by atoms with Crippen LogP contribution in [0.5, 0.6) is 0 Å². The van der Waals surface area contributed by atoms with E-state index in [9.17, 15) is 9.59 Å². The highest BCUT2D eigenvalue weighted by molar-refractivity contribution is 8.00. The molecule has 0 unspecified atom stereocenters. The van der Waals surface area contributed by atoms with Gasteiger partial charge < -0.3 is 20.7 Å². The molecular formula is C13H23N3O3S. The highest BCUT2D eigenvalue weighted by Gasteiger charge is 2.42. The van der Waals surface area contributed by atoms with E-state index in [1.54, 1.807) is 7.11 Å². The molecule has 2 fully saturated rings. The predicted molar refractivity (Wildman–Crippen MR) is 78.8 cm³/mol. The van der Waals surface area contributed by atoms with Gasteiger partial charge in [-0.25, -0.2) is 4.79 Å². The van der Waals surface area contributed by atoms with E-state index in [2.05, 4.69) is 16.0 Å². The summed E-state index contributed by atoms with van der Waals surface area (Å²) in [7, 11) is 1.62. The van der Waals surface area contributed by atoms with Gasteiger partial charge in [0.2, 0.25) is 5.91 Å². The largest absolute Gasteiger partial charge is 0.383 e. The van der Waals surface area contributed by atoms with Crippen molar-refractivity contribution >= 4 is 23.7 Å². The van der Waals surface area contributed by atoms with Crippen LogP contribution in [0.2, 0.25) is 0 Å². The topological polar surface area (TPSA) is 79.5 Å². The second-order valence-electron chi connectivity index (χ2n) is 5.21. The first-order valence-electron chi connectivity index (χ1n) is 7.15. The zero-order valence-electron chi connectivity index (χ0n) is 11.8. The lowest BCUT2D eigenvalue weighted by molar-refractivity contribution is -0.121. The van der Waals surface area contributed by atoms with Gasteiger partial charge in [-0.15, -0.1) is 0 Å². The van der Waals surface area contributed by atoms with Crippen LogP contribution in [0, 0.1) is 0 Å². The molecule has 3 amide bonds. The van der Waals surface area contributed by atoms with Gasteiger partial charge in [0.25, 0.3) is 0 Å². The number of ether oxygens (including phenoxy) is 1. The molecule has 7 heteroatoms. The van der Waals surface area contributed by atoms with E-state index in [1.165, 1.54) is 0 Å². The van der Waals surface area contributed by atoms with Crippen LogP contribution in [0.15, 0.2) is 0 Å². The first-order valence-corrected chi connectivity index (χ1v) is 8.20. The normalized spacial score (nSPS) is 27.9. The van der Waals surface area contributed by atoms with Gasteiger partial charge in [0.05, 0.1) is 18.7 Å². The summed E-state index contributed by atoms with van der Waals surface area (Å²) in [4.78, 5) is 22.8. The third-order valence-electron chi connectivity index (χ3n) is 3.71. The van der Waals surface area contributed by atoms with Crippen molar-refractivity contribution in [1.82, 2.24) is 16.0 Å². The number of carbonyl (C=O) groups excluding carboxylic acids is 2. The molecule has 20 heavy (non-hydrogen) atoms. The van der Waals surface area contributed by atoms with Gasteiger partial charge in [-0.05, 0) is 12.8 Å². The number of carbonyl (C=O) groups is 2. The van der Waals surface area contributed by atoms with Gasteiger partial charge in [0, 0.05) is 31.1 Å². The maximum atomic E-state index is 11.5. The highest BCUT2D eigenvalue weighted by atomic mass is 32.2. The predicted octanol–water partition coefficient (Wildman–Crippen LogP) is 0.475. The lowest BCUT2D eigenvalue weighted by Gasteiger charge is -2.16. The summed E-state index contributed by atoms with van der Waals surface area (Å²) < 4.78 is 4.88. The van der Waals surface area contributed by atoms with Crippen molar-refractivity contribution in [1.29, 1.82) is 0 Å². The van der Waals surface area contributed by atoms with Crippen LogP contribution in [-0.2, 0) is 9.53 Å². The summed E-state index contributed by atoms with van der Waals surface area (Å²) in [6.45, 7) is 1.13. The quantitative estimate of drug-likeness (QED) is 0.450. The number of unbranched alkanes of at least 4 members (excludes halogenated alkanes) is 1. The molecule has 0 aliphatic carbocycles. The number of nitrogens with one attached hydrogen (secondary N) is 3. The summed E-state index contributed by atoms with van der Waals surface area (Å²) in [5.74, 6) is 1.08. The highest BCUT2D eigenvalue weighted by Crippen LogP contribution is 2.33. The fourth-order valence-electron chi connectivity index (χ4n) is 2.65. The molecule has 3 atom stereocenters. The van der Waals surface area contributed by atoms with E-state index in [1.807, 2.05) is 11.8 Å². The minimum absolute atomic E-state index is 0.0391. The third kappa shape index (κ3) is 4.28. The van der Waals surface area contributed by atoms with Crippen LogP contribution in [0.3, 0.4) is 0 Å². The Morgan fingerprint density at radius 1 is 1.45 bits per heavy atom. The zero-order valence-corrected chi connectivity index (χ0v) is 12.6. The van der Waals surface area contributed by atoms with E-state index in [4.69, 9.17) is 4.74 Å². The molecule has 0 saturated carbocycles. The molecule has 0 bridgehead atoms. The Hall–Kier alpha value is -0.950. The van der Waals surface area contributed by atoms with E-state index in [0.717, 1.165) is 25.0 Å². The van der Waals surface area contributed by atoms with Crippen LogP contribution < -0.4 is 16.0 Å². The Morgan fingerprint density at radius 2 is 2.30 bits per heavy atom. The van der Waals surface area contributed by atoms with Crippen LogP contribution in [0.1, 0.15) is 25.7 Å². The van der Waals surface area contributed by atoms with Crippen molar-refractivity contribution in [2.75, 3.05) is 26.0 Å². The second-order valence-corrected chi connectivity index (χ2v) is 6.48. The number of hydrogen-bond acceptors (Lipinski definition) is 4. The van der Waals surface area contributed by atoms with Crippen LogP contribution in [0.25, 0.3) is 0 Å². The molecular weight excluding hydrogens is 278 g/mol. The van der Waals surface area contributed by atoms with E-state index < -0.39 is 0 Å². The zero-order chi connectivity index (χ0) is 14.4. The first kappa shape index (κ1) is 15.4. The second kappa shape index (κ2) is 7.73. The van der Waals surface area contributed by atoms with Crippen LogP contribution in [0.4, 0.5) is 4.79 Å². The minimum atomic E-state index is -0.0391. The lowest BCUT2D eigenvalue weighted by atomic mass is 10.0. The summed E-state index contributed by atoms with van der Waals surface area (Å²) >= 11 is 1.92. The Bertz CT molecular complexity index is 354. The standard InChI is InChI=1S/C13H23N3O3S/c1-19-7-6-14-11(17)5-3-2-4-10-12-9(8-20-10)15-13(18)16-12/h9-10,12H,2-8H2,1H3,(H,14,17)(H2,15,16,18)/t9-,10+,12-/m1/s1. The summed E-state index contributed by atoms with van der Waals surface area (Å²) in [5, 5.41) is 9.22. The molecule has 0 radical (unpaired) electrons. The Labute approximate surface area is 123 Å². The molecule has 3 N–H and O–H groups in total. The lowest BCUT2D eigenvalue weighted by Crippen LogP contribution is -2.36. The summed E-state index contributed by atoms with van der Waals surface area (Å²) in [5.41, 5.74) is 0. The molecule has 6 nitrogen and oxygen atoms in total. The monoisotopic (exact) mass is 301 g/mol. The Balaban J connectivity index is 1.55. The smallest absolute Gasteiger partial charge is 0.315 e. The number of hydrogen-bond donors (Lipinski definition) is 3. The molecule has 0 aromatic rings. The number of thioether (sulfide) groups is 1. The average molecular weight is 301 g/mol. The molecule has 2 aliphatic rings. The van der Waals surface area contributed by atoms with Crippen molar-refractivity contribution < 1.29 is 14.3 Å². The fourth-order valence-corrected chi connectivity index (χ4v) is 4.20. The maximum absolute atomic E-state index is 11.5. The fraction of sp³-hybridized carbons (Fsp3) is 0.846. The number of methoxy groups -OCH3 is 1. The number of urea groups is 1. The third-order valence-corrected chi connectivity index (χ3v) is 5.22. The van der Waals surface area contributed by atoms with E-state index >= 15 is 0 Å². The molecule has 0 spiro atoms. The molecule has 114 valence electrons. The van der Waals surface area contributed by atoms with Gasteiger partial charge in [-0.3, -0.25) is 4.79 Å². The summed E-state index contributed by atoms with van der Waals surface area (Å²) in [6.07, 6.45) is 3.54. The number of fused-ring (bicyclic) bond motifs is 1. The van der Waals surface area contributed by atoms with E-state index in [-0.39, 0.29) is 24.0 Å². The van der Waals surface area contributed by atoms with Gasteiger partial charge in [0.15, 0.2) is 0 Å². The van der Waals surface area contributed by atoms with Crippen LogP contribution in [-0.4, -0.2) is 55.3 Å². The SMILES string of the molecule is COCCNC(=O)CCCC[C@@H]1SC[C@H]2NC(=O)N[C@@H]12. The van der Waals surface area contributed by atoms with Gasteiger partial charge in [-0.1, -0.05) is 6.42 Å². The molecule has 2 saturated heterocycles. The Morgan fingerprint density at radius 3 is 3.10 bits per heavy atom. The molecule has 2 rings (SSSR count). The summed E-state index contributed by atoms with van der Waals surface area (Å²) in [6, 6.07) is 0.515. The van der Waals surface area contributed by atoms with Crippen molar-refractivity contribution in [2.24, 2.45) is 0 Å². The van der Waals surface area contributed by atoms with Gasteiger partial charge in [-0.2, -0.15) is 11.8 Å². The molecule has 0 aromatic carbocycles. The average Bonchev–Trinajstić information content (AvgIpc) is 2.95. The van der Waals surface area contributed by atoms with Crippen molar-refractivity contribution in [3.63, 3.8) is 0 Å². The van der Waals surface area contributed by atoms with Gasteiger partial charge in [0.1, 0.15) is 0 Å². The number of rotatable bonds is 8. The molecule has 0 aromatic heterocycles. The van der Waals surface area contributed by atoms with E-state index in [0.29, 0.717) is 24.8 Å². The molecule has 2 aliphatic heterocycles. The van der Waals surface area contributed by atoms with Crippen molar-refractivity contribution in [2.45, 2.75) is 43.0 Å². The first-order chi connectivity index (χ1) is 9.70. The van der Waals surface area contributed by atoms with Crippen molar-refractivity contribution in [3.8, 4) is 0 Å². The van der Waals surface area contributed by atoms with Gasteiger partial charge >= 0.3 is 6.03 Å². The van der Waals surface area contributed by atoms with Crippen LogP contribution >= 0.6 is 11.8 Å². The minimum Gasteiger partial charge on any atom is -0.383 e. The molecule has 2 heterocycles. The van der Waals surface area contributed by atoms with Crippen molar-refractivity contribution in [3.05, 3.63) is 0 Å². The Kier molecular flexibility index (Phi) is 5.97. The maximum Gasteiger partial charge on any atom is 0.315 e.